The van der Waals surface area contributed by atoms with Crippen molar-refractivity contribution in [3.8, 4) is 11.5 Å². The average Bonchev–Trinajstić information content (AvgIpc) is 3.55. The van der Waals surface area contributed by atoms with E-state index in [1.54, 1.807) is 24.6 Å². The Morgan fingerprint density at radius 1 is 1.21 bits per heavy atom. The Balaban J connectivity index is 1.52. The highest BCUT2D eigenvalue weighted by Crippen LogP contribution is 2.34. The first-order chi connectivity index (χ1) is 16.0. The first-order valence-corrected chi connectivity index (χ1v) is 10.9. The van der Waals surface area contributed by atoms with Crippen LogP contribution >= 0.6 is 11.3 Å². The lowest BCUT2D eigenvalue weighted by Gasteiger charge is -2.14. The molecule has 0 fully saturated rings. The van der Waals surface area contributed by atoms with Gasteiger partial charge in [0.25, 0.3) is 5.56 Å². The van der Waals surface area contributed by atoms with Crippen LogP contribution in [0.3, 0.4) is 0 Å². The second-order valence-corrected chi connectivity index (χ2v) is 8.17. The smallest absolute Gasteiger partial charge is 0.331 e. The standard InChI is InChI=1S/C20H18N6O6S/c1-11-22-17(32-24-11)3-2-5-25-18(28)12-7-14-15(31-10-30-14)8-13(12)26(20(25)29)9-16(27)23-19-21-4-6-33-19/h4,6-8H,2-3,5,9-10H2,1H3,(H,21,23,27). The predicted molar refractivity (Wildman–Crippen MR) is 117 cm³/mol. The van der Waals surface area contributed by atoms with E-state index in [-0.39, 0.29) is 30.8 Å². The SMILES string of the molecule is Cc1noc(CCCn2c(=O)c3cc4c(cc3n(CC(=O)Nc3nccs3)c2=O)OCO4)n1. The van der Waals surface area contributed by atoms with E-state index in [0.717, 1.165) is 4.57 Å². The maximum absolute atomic E-state index is 13.3. The highest BCUT2D eigenvalue weighted by atomic mass is 32.1. The van der Waals surface area contributed by atoms with E-state index in [9.17, 15) is 14.4 Å². The lowest BCUT2D eigenvalue weighted by molar-refractivity contribution is -0.116. The number of hydrogen-bond acceptors (Lipinski definition) is 10. The van der Waals surface area contributed by atoms with Gasteiger partial charge in [0.05, 0.1) is 10.9 Å². The lowest BCUT2D eigenvalue weighted by atomic mass is 10.2. The van der Waals surface area contributed by atoms with Crippen LogP contribution in [0.2, 0.25) is 0 Å². The Morgan fingerprint density at radius 2 is 2.03 bits per heavy atom. The van der Waals surface area contributed by atoms with Gasteiger partial charge in [-0.3, -0.25) is 18.7 Å². The van der Waals surface area contributed by atoms with Crippen LogP contribution in [-0.4, -0.2) is 37.0 Å². The van der Waals surface area contributed by atoms with Gasteiger partial charge < -0.3 is 19.3 Å². The fourth-order valence-electron chi connectivity index (χ4n) is 3.57. The zero-order valence-electron chi connectivity index (χ0n) is 17.4. The molecule has 0 aliphatic carbocycles. The topological polar surface area (TPSA) is 143 Å². The van der Waals surface area contributed by atoms with Crippen LogP contribution in [0.5, 0.6) is 11.5 Å². The zero-order valence-corrected chi connectivity index (χ0v) is 18.3. The fraction of sp³-hybridized carbons (Fsp3) is 0.300. The normalized spacial score (nSPS) is 12.4. The molecule has 4 heterocycles. The third-order valence-electron chi connectivity index (χ3n) is 5.04. The van der Waals surface area contributed by atoms with Crippen LogP contribution in [0.1, 0.15) is 18.1 Å². The molecule has 4 aromatic rings. The van der Waals surface area contributed by atoms with E-state index in [2.05, 4.69) is 20.4 Å². The molecule has 33 heavy (non-hydrogen) atoms. The van der Waals surface area contributed by atoms with Gasteiger partial charge in [-0.15, -0.1) is 11.3 Å². The molecule has 5 rings (SSSR count). The molecular weight excluding hydrogens is 452 g/mol. The number of fused-ring (bicyclic) bond motifs is 2. The van der Waals surface area contributed by atoms with Gasteiger partial charge in [0.2, 0.25) is 18.6 Å². The molecule has 0 spiro atoms. The number of aryl methyl sites for hydroxylation is 2. The molecular formula is C20H18N6O6S. The van der Waals surface area contributed by atoms with Crippen molar-refractivity contribution < 1.29 is 18.8 Å². The van der Waals surface area contributed by atoms with E-state index in [4.69, 9.17) is 14.0 Å². The minimum absolute atomic E-state index is 0.0121. The lowest BCUT2D eigenvalue weighted by Crippen LogP contribution is -2.41. The summed E-state index contributed by atoms with van der Waals surface area (Å²) in [7, 11) is 0. The fourth-order valence-corrected chi connectivity index (χ4v) is 4.12. The van der Waals surface area contributed by atoms with Crippen molar-refractivity contribution in [2.24, 2.45) is 0 Å². The summed E-state index contributed by atoms with van der Waals surface area (Å²) in [5.74, 6) is 1.30. The van der Waals surface area contributed by atoms with Gasteiger partial charge in [0.1, 0.15) is 6.54 Å². The van der Waals surface area contributed by atoms with Crippen molar-refractivity contribution in [2.45, 2.75) is 32.9 Å². The predicted octanol–water partition coefficient (Wildman–Crippen LogP) is 1.31. The number of hydrogen-bond donors (Lipinski definition) is 1. The van der Waals surface area contributed by atoms with Gasteiger partial charge in [-0.25, -0.2) is 9.78 Å². The van der Waals surface area contributed by atoms with Crippen molar-refractivity contribution in [2.75, 3.05) is 12.1 Å². The second-order valence-electron chi connectivity index (χ2n) is 7.27. The van der Waals surface area contributed by atoms with Gasteiger partial charge in [0.15, 0.2) is 22.5 Å². The van der Waals surface area contributed by atoms with Crippen molar-refractivity contribution in [1.29, 1.82) is 0 Å². The molecule has 1 aliphatic heterocycles. The van der Waals surface area contributed by atoms with Gasteiger partial charge >= 0.3 is 5.69 Å². The van der Waals surface area contributed by atoms with Crippen LogP contribution in [0.4, 0.5) is 5.13 Å². The number of carbonyl (C=O) groups excluding carboxylic acids is 1. The first-order valence-electron chi connectivity index (χ1n) is 10.0. The number of aromatic nitrogens is 5. The number of anilines is 1. The van der Waals surface area contributed by atoms with Crippen molar-refractivity contribution in [3.63, 3.8) is 0 Å². The number of rotatable bonds is 7. The van der Waals surface area contributed by atoms with Gasteiger partial charge in [-0.2, -0.15) is 4.98 Å². The molecule has 1 amide bonds. The van der Waals surface area contributed by atoms with E-state index in [1.807, 2.05) is 0 Å². The molecule has 170 valence electrons. The third kappa shape index (κ3) is 4.09. The molecule has 1 aromatic carbocycles. The van der Waals surface area contributed by atoms with E-state index >= 15 is 0 Å². The monoisotopic (exact) mass is 470 g/mol. The molecule has 1 N–H and O–H groups in total. The Hall–Kier alpha value is -4.00. The number of benzene rings is 1. The summed E-state index contributed by atoms with van der Waals surface area (Å²) in [6, 6.07) is 3.08. The molecule has 0 atom stereocenters. The first kappa shape index (κ1) is 20.9. The molecule has 13 heteroatoms. The third-order valence-corrected chi connectivity index (χ3v) is 5.73. The maximum atomic E-state index is 13.3. The van der Waals surface area contributed by atoms with Gasteiger partial charge in [-0.05, 0) is 19.4 Å². The number of carbonyl (C=O) groups is 1. The molecule has 0 bridgehead atoms. The maximum Gasteiger partial charge on any atom is 0.331 e. The molecule has 12 nitrogen and oxygen atoms in total. The summed E-state index contributed by atoms with van der Waals surface area (Å²) >= 11 is 1.26. The minimum Gasteiger partial charge on any atom is -0.454 e. The summed E-state index contributed by atoms with van der Waals surface area (Å²) in [6.07, 6.45) is 2.38. The second kappa shape index (κ2) is 8.50. The summed E-state index contributed by atoms with van der Waals surface area (Å²) < 4.78 is 18.2. The highest BCUT2D eigenvalue weighted by molar-refractivity contribution is 7.13. The van der Waals surface area contributed by atoms with Crippen molar-refractivity contribution >= 4 is 33.3 Å². The van der Waals surface area contributed by atoms with Gasteiger partial charge in [0, 0.05) is 30.6 Å². The Labute approximate surface area is 189 Å². The van der Waals surface area contributed by atoms with Gasteiger partial charge in [-0.1, -0.05) is 5.16 Å². The van der Waals surface area contributed by atoms with Crippen LogP contribution in [0.25, 0.3) is 10.9 Å². The van der Waals surface area contributed by atoms with Crippen LogP contribution in [0, 0.1) is 6.92 Å². The van der Waals surface area contributed by atoms with Crippen LogP contribution in [0.15, 0.2) is 37.8 Å². The van der Waals surface area contributed by atoms with E-state index in [0.29, 0.717) is 41.2 Å². The number of amides is 1. The number of thiazole rings is 1. The largest absolute Gasteiger partial charge is 0.454 e. The molecule has 0 saturated carbocycles. The molecule has 0 saturated heterocycles. The van der Waals surface area contributed by atoms with Crippen molar-refractivity contribution in [1.82, 2.24) is 24.3 Å². The average molecular weight is 470 g/mol. The zero-order chi connectivity index (χ0) is 22.9. The molecule has 0 radical (unpaired) electrons. The van der Waals surface area contributed by atoms with E-state index < -0.39 is 17.2 Å². The number of nitrogens with one attached hydrogen (secondary N) is 1. The Kier molecular flexibility index (Phi) is 5.38. The summed E-state index contributed by atoms with van der Waals surface area (Å²) in [6.45, 7) is 1.52. The summed E-state index contributed by atoms with van der Waals surface area (Å²) in [4.78, 5) is 47.3. The van der Waals surface area contributed by atoms with Crippen LogP contribution < -0.4 is 26.0 Å². The number of nitrogens with zero attached hydrogens (tertiary/aromatic N) is 5. The van der Waals surface area contributed by atoms with E-state index in [1.165, 1.54) is 22.0 Å². The Morgan fingerprint density at radius 3 is 2.76 bits per heavy atom. The molecule has 0 unspecified atom stereocenters. The highest BCUT2D eigenvalue weighted by Gasteiger charge is 2.21. The molecule has 1 aliphatic rings. The summed E-state index contributed by atoms with van der Waals surface area (Å²) in [5.41, 5.74) is -0.804. The van der Waals surface area contributed by atoms with Crippen LogP contribution in [-0.2, 0) is 24.3 Å². The summed E-state index contributed by atoms with van der Waals surface area (Å²) in [5, 5.41) is 8.77. The molecule has 3 aromatic heterocycles. The minimum atomic E-state index is -0.609. The quantitative estimate of drug-likeness (QED) is 0.423. The Bertz CT molecular complexity index is 1450. The number of ether oxygens (including phenoxy) is 2. The van der Waals surface area contributed by atoms with Crippen molar-refractivity contribution in [3.05, 3.63) is 56.3 Å².